The van der Waals surface area contributed by atoms with Gasteiger partial charge in [0, 0.05) is 17.9 Å². The highest BCUT2D eigenvalue weighted by Gasteiger charge is 2.14. The summed E-state index contributed by atoms with van der Waals surface area (Å²) in [6, 6.07) is 18.8. The van der Waals surface area contributed by atoms with Crippen LogP contribution in [0.1, 0.15) is 11.1 Å². The number of anilines is 2. The van der Waals surface area contributed by atoms with E-state index in [2.05, 4.69) is 29.1 Å². The molecule has 0 aliphatic carbocycles. The Kier molecular flexibility index (Phi) is 4.87. The van der Waals surface area contributed by atoms with E-state index in [1.807, 2.05) is 24.3 Å². The third-order valence-corrected chi connectivity index (χ3v) is 6.42. The van der Waals surface area contributed by atoms with Gasteiger partial charge in [-0.15, -0.1) is 11.3 Å². The summed E-state index contributed by atoms with van der Waals surface area (Å²) >= 11 is 1.20. The first-order valence-corrected chi connectivity index (χ1v) is 9.86. The van der Waals surface area contributed by atoms with Crippen LogP contribution in [0.15, 0.2) is 70.3 Å². The maximum atomic E-state index is 12.2. The lowest BCUT2D eigenvalue weighted by molar-refractivity contribution is 0.603. The van der Waals surface area contributed by atoms with E-state index in [0.717, 1.165) is 12.2 Å². The van der Waals surface area contributed by atoms with E-state index in [-0.39, 0.29) is 0 Å². The van der Waals surface area contributed by atoms with Gasteiger partial charge in [-0.3, -0.25) is 4.72 Å². The summed E-state index contributed by atoms with van der Waals surface area (Å²) in [7, 11) is -3.50. The Balaban J connectivity index is 1.65. The van der Waals surface area contributed by atoms with Gasteiger partial charge in [0.1, 0.15) is 4.21 Å². The topological polar surface area (TPSA) is 58.2 Å². The zero-order valence-corrected chi connectivity index (χ0v) is 14.8. The lowest BCUT2D eigenvalue weighted by Gasteiger charge is -2.10. The fraction of sp³-hybridized carbons (Fsp3) is 0.111. The lowest BCUT2D eigenvalue weighted by Crippen LogP contribution is -2.11. The molecule has 0 bridgehead atoms. The molecule has 4 nitrogen and oxygen atoms in total. The Morgan fingerprint density at radius 3 is 2.29 bits per heavy atom. The van der Waals surface area contributed by atoms with Gasteiger partial charge in [-0.25, -0.2) is 8.42 Å². The third kappa shape index (κ3) is 3.96. The summed E-state index contributed by atoms with van der Waals surface area (Å²) in [6.07, 6.45) is 0. The van der Waals surface area contributed by atoms with Gasteiger partial charge < -0.3 is 5.32 Å². The van der Waals surface area contributed by atoms with Crippen LogP contribution in [0.4, 0.5) is 11.4 Å². The van der Waals surface area contributed by atoms with Crippen molar-refractivity contribution in [3.8, 4) is 0 Å². The predicted molar refractivity (Wildman–Crippen MR) is 100 cm³/mol. The molecule has 0 radical (unpaired) electrons. The lowest BCUT2D eigenvalue weighted by atomic mass is 10.1. The van der Waals surface area contributed by atoms with Crippen molar-refractivity contribution >= 4 is 32.7 Å². The van der Waals surface area contributed by atoms with Crippen LogP contribution in [0.3, 0.4) is 0 Å². The maximum Gasteiger partial charge on any atom is 0.271 e. The van der Waals surface area contributed by atoms with E-state index in [1.54, 1.807) is 29.6 Å². The average molecular weight is 358 g/mol. The highest BCUT2D eigenvalue weighted by molar-refractivity contribution is 7.94. The van der Waals surface area contributed by atoms with E-state index in [4.69, 9.17) is 0 Å². The second kappa shape index (κ2) is 7.07. The van der Waals surface area contributed by atoms with Gasteiger partial charge in [0.25, 0.3) is 10.0 Å². The molecule has 0 saturated carbocycles. The Morgan fingerprint density at radius 2 is 1.62 bits per heavy atom. The van der Waals surface area contributed by atoms with E-state index >= 15 is 0 Å². The van der Waals surface area contributed by atoms with Crippen LogP contribution in [0, 0.1) is 6.92 Å². The molecule has 1 heterocycles. The van der Waals surface area contributed by atoms with Crippen molar-refractivity contribution in [1.29, 1.82) is 0 Å². The summed E-state index contributed by atoms with van der Waals surface area (Å²) in [5.74, 6) is 0. The first kappa shape index (κ1) is 16.5. The molecule has 2 aromatic carbocycles. The average Bonchev–Trinajstić information content (AvgIpc) is 3.11. The molecule has 1 aromatic heterocycles. The van der Waals surface area contributed by atoms with E-state index in [9.17, 15) is 8.42 Å². The van der Waals surface area contributed by atoms with Gasteiger partial charge in [0.05, 0.1) is 0 Å². The predicted octanol–water partition coefficient (Wildman–Crippen LogP) is 4.47. The Hall–Kier alpha value is -2.31. The van der Waals surface area contributed by atoms with Crippen LogP contribution in [0.25, 0.3) is 0 Å². The Bertz CT molecular complexity index is 902. The molecule has 0 spiro atoms. The molecule has 0 atom stereocenters. The second-order valence-corrected chi connectivity index (χ2v) is 8.25. The van der Waals surface area contributed by atoms with Crippen LogP contribution >= 0.6 is 11.3 Å². The molecule has 6 heteroatoms. The largest absolute Gasteiger partial charge is 0.381 e. The van der Waals surface area contributed by atoms with Crippen molar-refractivity contribution in [2.45, 2.75) is 17.7 Å². The van der Waals surface area contributed by atoms with Gasteiger partial charge >= 0.3 is 0 Å². The number of nitrogens with one attached hydrogen (secondary N) is 2. The van der Waals surface area contributed by atoms with Crippen molar-refractivity contribution in [2.75, 3.05) is 10.0 Å². The van der Waals surface area contributed by atoms with E-state index in [1.165, 1.54) is 22.5 Å². The van der Waals surface area contributed by atoms with Crippen molar-refractivity contribution in [3.63, 3.8) is 0 Å². The van der Waals surface area contributed by atoms with Gasteiger partial charge in [-0.05, 0) is 53.8 Å². The van der Waals surface area contributed by atoms with Crippen molar-refractivity contribution < 1.29 is 8.42 Å². The summed E-state index contributed by atoms with van der Waals surface area (Å²) < 4.78 is 27.3. The quantitative estimate of drug-likeness (QED) is 0.683. The minimum Gasteiger partial charge on any atom is -0.381 e. The van der Waals surface area contributed by atoms with Crippen molar-refractivity contribution in [1.82, 2.24) is 0 Å². The molecule has 0 saturated heterocycles. The number of benzene rings is 2. The maximum absolute atomic E-state index is 12.2. The molecule has 0 unspecified atom stereocenters. The normalized spacial score (nSPS) is 11.2. The Labute approximate surface area is 146 Å². The van der Waals surface area contributed by atoms with Crippen molar-refractivity contribution in [3.05, 3.63) is 77.2 Å². The number of hydrogen-bond donors (Lipinski definition) is 2. The fourth-order valence-electron chi connectivity index (χ4n) is 2.28. The molecule has 0 aliphatic rings. The molecule has 3 rings (SSSR count). The van der Waals surface area contributed by atoms with Crippen molar-refractivity contribution in [2.24, 2.45) is 0 Å². The minimum absolute atomic E-state index is 0.309. The van der Waals surface area contributed by atoms with Crippen LogP contribution in [0.2, 0.25) is 0 Å². The van der Waals surface area contributed by atoms with Gasteiger partial charge in [0.2, 0.25) is 0 Å². The Morgan fingerprint density at radius 1 is 0.917 bits per heavy atom. The van der Waals surface area contributed by atoms with Crippen LogP contribution < -0.4 is 10.0 Å². The summed E-state index contributed by atoms with van der Waals surface area (Å²) in [5, 5.41) is 5.09. The highest BCUT2D eigenvalue weighted by Crippen LogP contribution is 2.21. The number of hydrogen-bond acceptors (Lipinski definition) is 4. The highest BCUT2D eigenvalue weighted by atomic mass is 32.2. The minimum atomic E-state index is -3.50. The first-order valence-electron chi connectivity index (χ1n) is 7.49. The number of sulfonamides is 1. The standard InChI is InChI=1S/C18H18N2O2S2/c1-14-5-2-3-6-15(14)13-19-16-8-10-17(11-9-16)20-24(21,22)18-7-4-12-23-18/h2-12,19-20H,13H2,1H3. The molecule has 2 N–H and O–H groups in total. The van der Waals surface area contributed by atoms with E-state index in [0.29, 0.717) is 9.90 Å². The smallest absolute Gasteiger partial charge is 0.271 e. The molecule has 0 fully saturated rings. The van der Waals surface area contributed by atoms with Crippen LogP contribution in [0.5, 0.6) is 0 Å². The number of aryl methyl sites for hydroxylation is 1. The molecule has 124 valence electrons. The molecule has 0 amide bonds. The van der Waals surface area contributed by atoms with Crippen LogP contribution in [-0.4, -0.2) is 8.42 Å². The van der Waals surface area contributed by atoms with Gasteiger partial charge in [-0.1, -0.05) is 30.3 Å². The second-order valence-electron chi connectivity index (χ2n) is 5.39. The zero-order valence-electron chi connectivity index (χ0n) is 13.2. The third-order valence-electron chi connectivity index (χ3n) is 3.64. The molecule has 3 aromatic rings. The summed E-state index contributed by atoms with van der Waals surface area (Å²) in [6.45, 7) is 2.81. The molecule has 0 aliphatic heterocycles. The van der Waals surface area contributed by atoms with Gasteiger partial charge in [-0.2, -0.15) is 0 Å². The van der Waals surface area contributed by atoms with Crippen LogP contribution in [-0.2, 0) is 16.6 Å². The number of thiophene rings is 1. The molecular weight excluding hydrogens is 340 g/mol. The summed E-state index contributed by atoms with van der Waals surface area (Å²) in [4.78, 5) is 0. The van der Waals surface area contributed by atoms with E-state index < -0.39 is 10.0 Å². The number of rotatable bonds is 6. The van der Waals surface area contributed by atoms with Gasteiger partial charge in [0.15, 0.2) is 0 Å². The zero-order chi connectivity index (χ0) is 17.0. The molecular formula is C18H18N2O2S2. The summed E-state index contributed by atoms with van der Waals surface area (Å²) in [5.41, 5.74) is 3.97. The SMILES string of the molecule is Cc1ccccc1CNc1ccc(NS(=O)(=O)c2cccs2)cc1. The fourth-order valence-corrected chi connectivity index (χ4v) is 4.34. The monoisotopic (exact) mass is 358 g/mol. The first-order chi connectivity index (χ1) is 11.5. The molecule has 24 heavy (non-hydrogen) atoms.